The van der Waals surface area contributed by atoms with Gasteiger partial charge in [-0.1, -0.05) is 6.58 Å². The lowest BCUT2D eigenvalue weighted by molar-refractivity contribution is -0.127. The van der Waals surface area contributed by atoms with E-state index in [1.54, 1.807) is 0 Å². The van der Waals surface area contributed by atoms with Crippen molar-refractivity contribution in [2.24, 2.45) is 0 Å². The van der Waals surface area contributed by atoms with Gasteiger partial charge in [0.15, 0.2) is 0 Å². The highest BCUT2D eigenvalue weighted by atomic mass is 16.2. The second-order valence-electron chi connectivity index (χ2n) is 4.17. The second kappa shape index (κ2) is 5.88. The maximum Gasteiger partial charge on any atom is 0.246 e. The maximum atomic E-state index is 11.3. The number of carbonyl (C=O) groups is 1. The first-order valence-electron chi connectivity index (χ1n) is 5.42. The van der Waals surface area contributed by atoms with Crippen LogP contribution in [0.15, 0.2) is 12.7 Å². The van der Waals surface area contributed by atoms with Gasteiger partial charge in [0.25, 0.3) is 0 Å². The first-order valence-corrected chi connectivity index (χ1v) is 5.42. The van der Waals surface area contributed by atoms with Crippen molar-refractivity contribution in [3.05, 3.63) is 12.7 Å². The van der Waals surface area contributed by atoms with Gasteiger partial charge in [-0.25, -0.2) is 0 Å². The number of likely N-dealkylation sites (N-methyl/N-ethyl adjacent to an activating group) is 1. The predicted molar refractivity (Wildman–Crippen MR) is 61.8 cm³/mol. The minimum atomic E-state index is 0.0576. The van der Waals surface area contributed by atoms with Gasteiger partial charge in [-0.05, 0) is 20.2 Å². The van der Waals surface area contributed by atoms with Crippen molar-refractivity contribution in [2.75, 3.05) is 53.4 Å². The molecule has 0 radical (unpaired) electrons. The molecule has 1 fully saturated rings. The third-order valence-corrected chi connectivity index (χ3v) is 2.72. The molecule has 1 rings (SSSR count). The molecule has 1 heterocycles. The normalized spacial score (nSPS) is 18.2. The summed E-state index contributed by atoms with van der Waals surface area (Å²) in [7, 11) is 4.16. The van der Waals surface area contributed by atoms with Crippen molar-refractivity contribution in [2.45, 2.75) is 0 Å². The average molecular weight is 211 g/mol. The Balaban J connectivity index is 2.23. The van der Waals surface area contributed by atoms with Crippen LogP contribution < -0.4 is 0 Å². The third kappa shape index (κ3) is 4.01. The van der Waals surface area contributed by atoms with Crippen LogP contribution in [0.4, 0.5) is 0 Å². The Morgan fingerprint density at radius 2 is 1.93 bits per heavy atom. The van der Waals surface area contributed by atoms with E-state index < -0.39 is 0 Å². The maximum absolute atomic E-state index is 11.3. The van der Waals surface area contributed by atoms with Crippen LogP contribution >= 0.6 is 0 Å². The number of hydrogen-bond acceptors (Lipinski definition) is 3. The summed E-state index contributed by atoms with van der Waals surface area (Å²) in [6.45, 7) is 9.29. The molecule has 1 aliphatic heterocycles. The topological polar surface area (TPSA) is 26.8 Å². The van der Waals surface area contributed by atoms with Crippen molar-refractivity contribution in [3.8, 4) is 0 Å². The number of piperazine rings is 1. The lowest BCUT2D eigenvalue weighted by atomic mass is 10.3. The van der Waals surface area contributed by atoms with E-state index in [2.05, 4.69) is 30.5 Å². The number of rotatable bonds is 4. The fourth-order valence-corrected chi connectivity index (χ4v) is 1.66. The summed E-state index contributed by atoms with van der Waals surface area (Å²) >= 11 is 0. The molecule has 0 atom stereocenters. The average Bonchev–Trinajstić information content (AvgIpc) is 2.26. The first kappa shape index (κ1) is 12.2. The van der Waals surface area contributed by atoms with E-state index in [1.165, 1.54) is 6.08 Å². The van der Waals surface area contributed by atoms with E-state index in [4.69, 9.17) is 0 Å². The van der Waals surface area contributed by atoms with Gasteiger partial charge in [-0.15, -0.1) is 0 Å². The monoisotopic (exact) mass is 211 g/mol. The van der Waals surface area contributed by atoms with Crippen molar-refractivity contribution < 1.29 is 4.79 Å². The van der Waals surface area contributed by atoms with E-state index in [0.717, 1.165) is 39.3 Å². The summed E-state index contributed by atoms with van der Waals surface area (Å²) in [6, 6.07) is 0. The van der Waals surface area contributed by atoms with Gasteiger partial charge in [0.1, 0.15) is 0 Å². The van der Waals surface area contributed by atoms with Gasteiger partial charge in [-0.2, -0.15) is 0 Å². The van der Waals surface area contributed by atoms with Crippen molar-refractivity contribution in [1.82, 2.24) is 14.7 Å². The highest BCUT2D eigenvalue weighted by Crippen LogP contribution is 2.02. The zero-order valence-corrected chi connectivity index (χ0v) is 9.78. The van der Waals surface area contributed by atoms with Gasteiger partial charge in [-0.3, -0.25) is 9.69 Å². The SMILES string of the molecule is C=CC(=O)N1CCN(CCN(C)C)CC1. The fraction of sp³-hybridized carbons (Fsp3) is 0.727. The molecule has 1 amide bonds. The summed E-state index contributed by atoms with van der Waals surface area (Å²) in [4.78, 5) is 17.8. The molecule has 0 aliphatic carbocycles. The Labute approximate surface area is 92.1 Å². The van der Waals surface area contributed by atoms with Crippen LogP contribution in [-0.4, -0.2) is 74.0 Å². The molecule has 86 valence electrons. The molecule has 0 N–H and O–H groups in total. The van der Waals surface area contributed by atoms with E-state index in [9.17, 15) is 4.79 Å². The molecule has 1 aliphatic rings. The number of carbonyl (C=O) groups excluding carboxylic acids is 1. The van der Waals surface area contributed by atoms with Crippen LogP contribution in [0, 0.1) is 0 Å². The lowest BCUT2D eigenvalue weighted by Gasteiger charge is -2.34. The Bertz CT molecular complexity index is 220. The Morgan fingerprint density at radius 1 is 1.33 bits per heavy atom. The predicted octanol–water partition coefficient (Wildman–Crippen LogP) is -0.122. The Kier molecular flexibility index (Phi) is 4.78. The molecule has 0 unspecified atom stereocenters. The number of hydrogen-bond donors (Lipinski definition) is 0. The quantitative estimate of drug-likeness (QED) is 0.607. The van der Waals surface area contributed by atoms with E-state index >= 15 is 0 Å². The summed E-state index contributed by atoms with van der Waals surface area (Å²) < 4.78 is 0. The molecule has 4 nitrogen and oxygen atoms in total. The van der Waals surface area contributed by atoms with Crippen LogP contribution in [0.1, 0.15) is 0 Å². The van der Waals surface area contributed by atoms with E-state index in [-0.39, 0.29) is 5.91 Å². The van der Waals surface area contributed by atoms with Crippen LogP contribution in [0.3, 0.4) is 0 Å². The molecule has 1 saturated heterocycles. The van der Waals surface area contributed by atoms with Gasteiger partial charge >= 0.3 is 0 Å². The Hall–Kier alpha value is -0.870. The van der Waals surface area contributed by atoms with Crippen LogP contribution in [0.5, 0.6) is 0 Å². The molecule has 0 aromatic heterocycles. The van der Waals surface area contributed by atoms with Crippen molar-refractivity contribution in [3.63, 3.8) is 0 Å². The Morgan fingerprint density at radius 3 is 2.40 bits per heavy atom. The van der Waals surface area contributed by atoms with Crippen LogP contribution in [0.2, 0.25) is 0 Å². The molecule has 0 spiro atoms. The minimum absolute atomic E-state index is 0.0576. The lowest BCUT2D eigenvalue weighted by Crippen LogP contribution is -2.49. The van der Waals surface area contributed by atoms with Crippen LogP contribution in [0.25, 0.3) is 0 Å². The summed E-state index contributed by atoms with van der Waals surface area (Å²) in [5.74, 6) is 0.0576. The molecule has 0 saturated carbocycles. The van der Waals surface area contributed by atoms with E-state index in [1.807, 2.05) is 4.90 Å². The van der Waals surface area contributed by atoms with E-state index in [0.29, 0.717) is 0 Å². The highest BCUT2D eigenvalue weighted by molar-refractivity contribution is 5.87. The molecule has 0 aromatic rings. The minimum Gasteiger partial charge on any atom is -0.337 e. The van der Waals surface area contributed by atoms with Gasteiger partial charge < -0.3 is 9.80 Å². The molecule has 15 heavy (non-hydrogen) atoms. The van der Waals surface area contributed by atoms with Crippen molar-refractivity contribution in [1.29, 1.82) is 0 Å². The largest absolute Gasteiger partial charge is 0.337 e. The van der Waals surface area contributed by atoms with Gasteiger partial charge in [0.2, 0.25) is 5.91 Å². The molecular weight excluding hydrogens is 190 g/mol. The van der Waals surface area contributed by atoms with Crippen LogP contribution in [-0.2, 0) is 4.79 Å². The zero-order chi connectivity index (χ0) is 11.3. The molecule has 4 heteroatoms. The smallest absolute Gasteiger partial charge is 0.246 e. The summed E-state index contributed by atoms with van der Waals surface area (Å²) in [6.07, 6.45) is 1.40. The molecule has 0 bridgehead atoms. The van der Waals surface area contributed by atoms with Crippen molar-refractivity contribution >= 4 is 5.91 Å². The standard InChI is InChI=1S/C11H21N3O/c1-4-11(15)14-9-7-13(8-10-14)6-5-12(2)3/h4H,1,5-10H2,2-3H3. The highest BCUT2D eigenvalue weighted by Gasteiger charge is 2.18. The second-order valence-corrected chi connectivity index (χ2v) is 4.17. The van der Waals surface area contributed by atoms with Gasteiger partial charge in [0.05, 0.1) is 0 Å². The zero-order valence-electron chi connectivity index (χ0n) is 9.78. The first-order chi connectivity index (χ1) is 7.13. The summed E-state index contributed by atoms with van der Waals surface area (Å²) in [5.41, 5.74) is 0. The fourth-order valence-electron chi connectivity index (χ4n) is 1.66. The summed E-state index contributed by atoms with van der Waals surface area (Å²) in [5, 5.41) is 0. The number of amides is 1. The third-order valence-electron chi connectivity index (χ3n) is 2.72. The van der Waals surface area contributed by atoms with Gasteiger partial charge in [0, 0.05) is 39.3 Å². The molecular formula is C11H21N3O. The molecule has 0 aromatic carbocycles. The number of nitrogens with zero attached hydrogens (tertiary/aromatic N) is 3.